The second kappa shape index (κ2) is 11.8. The molecule has 10 rings (SSSR count). The van der Waals surface area contributed by atoms with Crippen LogP contribution in [0.2, 0.25) is 0 Å². The molecule has 3 heterocycles. The summed E-state index contributed by atoms with van der Waals surface area (Å²) >= 11 is 0. The molecule has 0 N–H and O–H groups in total. The SMILES string of the molecule is N#Cc1ccc(-c2cccc(-c3nc(-c4ccccc4)nc(-c4cccc5c4Oc4ccccc4[Si]54c5ccccc5-c5ccccc54)n3)c2)cc1. The van der Waals surface area contributed by atoms with Crippen molar-refractivity contribution in [3.05, 3.63) is 175 Å². The molecule has 0 atom stereocenters. The molecule has 8 aromatic rings. The predicted molar refractivity (Wildman–Crippen MR) is 209 cm³/mol. The molecule has 242 valence electrons. The van der Waals surface area contributed by atoms with Gasteiger partial charge in [0.2, 0.25) is 0 Å². The average molecular weight is 681 g/mol. The lowest BCUT2D eigenvalue weighted by Gasteiger charge is -2.38. The van der Waals surface area contributed by atoms with Crippen LogP contribution in [0.3, 0.4) is 0 Å². The van der Waals surface area contributed by atoms with Crippen LogP contribution >= 0.6 is 0 Å². The van der Waals surface area contributed by atoms with Crippen molar-refractivity contribution in [1.29, 1.82) is 5.26 Å². The molecule has 1 aromatic heterocycles. The van der Waals surface area contributed by atoms with Gasteiger partial charge in [0.25, 0.3) is 0 Å². The van der Waals surface area contributed by atoms with Gasteiger partial charge < -0.3 is 4.74 Å². The molecule has 0 radical (unpaired) electrons. The van der Waals surface area contributed by atoms with Gasteiger partial charge in [-0.3, -0.25) is 0 Å². The van der Waals surface area contributed by atoms with E-state index in [2.05, 4.69) is 109 Å². The molecular weight excluding hydrogens is 653 g/mol. The molecule has 0 saturated carbocycles. The first-order valence-electron chi connectivity index (χ1n) is 17.3. The highest BCUT2D eigenvalue weighted by Gasteiger charge is 2.53. The van der Waals surface area contributed by atoms with Crippen molar-refractivity contribution in [2.24, 2.45) is 0 Å². The smallest absolute Gasteiger partial charge is 0.189 e. The minimum Gasteiger partial charge on any atom is -0.457 e. The summed E-state index contributed by atoms with van der Waals surface area (Å²) in [6.45, 7) is 0. The molecule has 1 spiro atoms. The van der Waals surface area contributed by atoms with E-state index < -0.39 is 8.07 Å². The molecule has 0 bridgehead atoms. The third kappa shape index (κ3) is 4.50. The Morgan fingerprint density at radius 1 is 0.423 bits per heavy atom. The molecule has 2 aliphatic heterocycles. The Bertz CT molecular complexity index is 2690. The number of rotatable bonds is 4. The van der Waals surface area contributed by atoms with Crippen molar-refractivity contribution in [3.63, 3.8) is 0 Å². The van der Waals surface area contributed by atoms with Crippen LogP contribution in [-0.4, -0.2) is 23.0 Å². The second-order valence-corrected chi connectivity index (χ2v) is 16.7. The first-order valence-corrected chi connectivity index (χ1v) is 19.3. The van der Waals surface area contributed by atoms with Crippen LogP contribution < -0.4 is 25.5 Å². The third-order valence-electron chi connectivity index (χ3n) is 10.3. The van der Waals surface area contributed by atoms with E-state index in [0.29, 0.717) is 23.0 Å². The molecule has 7 aromatic carbocycles. The van der Waals surface area contributed by atoms with Crippen LogP contribution in [0.5, 0.6) is 11.5 Å². The van der Waals surface area contributed by atoms with Gasteiger partial charge >= 0.3 is 0 Å². The number of nitrogens with zero attached hydrogens (tertiary/aromatic N) is 4. The summed E-state index contributed by atoms with van der Waals surface area (Å²) in [6.07, 6.45) is 0. The van der Waals surface area contributed by atoms with Gasteiger partial charge in [-0.1, -0.05) is 140 Å². The van der Waals surface area contributed by atoms with Crippen molar-refractivity contribution in [2.45, 2.75) is 0 Å². The lowest BCUT2D eigenvalue weighted by molar-refractivity contribution is 0.488. The van der Waals surface area contributed by atoms with Gasteiger partial charge in [0.1, 0.15) is 11.5 Å². The zero-order valence-corrected chi connectivity index (χ0v) is 28.9. The Balaban J connectivity index is 1.21. The Morgan fingerprint density at radius 3 is 1.69 bits per heavy atom. The maximum absolute atomic E-state index is 9.32. The summed E-state index contributed by atoms with van der Waals surface area (Å²) in [4.78, 5) is 15.4. The molecule has 0 aliphatic carbocycles. The molecule has 0 amide bonds. The van der Waals surface area contributed by atoms with E-state index in [-0.39, 0.29) is 0 Å². The van der Waals surface area contributed by atoms with Gasteiger partial charge in [-0.05, 0) is 73.3 Å². The molecule has 6 heteroatoms. The van der Waals surface area contributed by atoms with E-state index in [1.54, 1.807) is 0 Å². The van der Waals surface area contributed by atoms with Crippen LogP contribution in [0.25, 0.3) is 56.4 Å². The zero-order valence-electron chi connectivity index (χ0n) is 27.9. The van der Waals surface area contributed by atoms with Crippen LogP contribution in [0.1, 0.15) is 5.56 Å². The normalized spacial score (nSPS) is 12.9. The zero-order chi connectivity index (χ0) is 34.6. The van der Waals surface area contributed by atoms with E-state index in [9.17, 15) is 5.26 Å². The average Bonchev–Trinajstić information content (AvgIpc) is 3.51. The fourth-order valence-electron chi connectivity index (χ4n) is 7.97. The first-order chi connectivity index (χ1) is 25.7. The van der Waals surface area contributed by atoms with E-state index in [1.807, 2.05) is 66.7 Å². The van der Waals surface area contributed by atoms with Crippen LogP contribution in [-0.2, 0) is 0 Å². The molecular formula is C46H28N4OSi. The van der Waals surface area contributed by atoms with E-state index in [4.69, 9.17) is 19.7 Å². The molecule has 5 nitrogen and oxygen atoms in total. The first kappa shape index (κ1) is 29.9. The van der Waals surface area contributed by atoms with Gasteiger partial charge in [0.05, 0.1) is 17.2 Å². The Morgan fingerprint density at radius 2 is 0.962 bits per heavy atom. The molecule has 2 aliphatic rings. The van der Waals surface area contributed by atoms with Gasteiger partial charge in [-0.25, -0.2) is 15.0 Å². The van der Waals surface area contributed by atoms with Crippen molar-refractivity contribution in [3.8, 4) is 74.0 Å². The standard InChI is InChI=1S/C46H28N4OSi/c47-29-30-24-26-31(27-25-30)33-14-10-15-34(28-33)45-48-44(32-12-2-1-3-13-32)49-46(50-45)37-18-11-23-42-43(37)51-38-19-6-9-22-41(38)52(42)39-20-7-4-16-35(39)36-17-5-8-21-40(36)52/h1-28H. The highest BCUT2D eigenvalue weighted by Crippen LogP contribution is 2.40. The number of hydrogen-bond acceptors (Lipinski definition) is 5. The number of nitriles is 1. The minimum absolute atomic E-state index is 0.549. The van der Waals surface area contributed by atoms with Crippen molar-refractivity contribution in [2.75, 3.05) is 0 Å². The highest BCUT2D eigenvalue weighted by molar-refractivity contribution is 7.23. The quantitative estimate of drug-likeness (QED) is 0.177. The minimum atomic E-state index is -2.79. The topological polar surface area (TPSA) is 71.7 Å². The number of fused-ring (bicyclic) bond motifs is 9. The number of hydrogen-bond donors (Lipinski definition) is 0. The Kier molecular flexibility index (Phi) is 6.81. The predicted octanol–water partition coefficient (Wildman–Crippen LogP) is 7.87. The van der Waals surface area contributed by atoms with Gasteiger partial charge in [0, 0.05) is 11.1 Å². The maximum Gasteiger partial charge on any atom is 0.189 e. The number of ether oxygens (including phenoxy) is 1. The fraction of sp³-hybridized carbons (Fsp3) is 0. The summed E-state index contributed by atoms with van der Waals surface area (Å²) in [5.74, 6) is 3.36. The molecule has 52 heavy (non-hydrogen) atoms. The lowest BCUT2D eigenvalue weighted by atomic mass is 10.0. The van der Waals surface area contributed by atoms with E-state index >= 15 is 0 Å². The lowest BCUT2D eigenvalue weighted by Crippen LogP contribution is -2.74. The fourth-order valence-corrected chi connectivity index (χ4v) is 13.4. The summed E-state index contributed by atoms with van der Waals surface area (Å²) in [7, 11) is -2.79. The van der Waals surface area contributed by atoms with Crippen LogP contribution in [0, 0.1) is 11.3 Å². The van der Waals surface area contributed by atoms with E-state index in [0.717, 1.165) is 39.3 Å². The third-order valence-corrected chi connectivity index (χ3v) is 15.2. The molecule has 0 fully saturated rings. The van der Waals surface area contributed by atoms with Crippen molar-refractivity contribution in [1.82, 2.24) is 15.0 Å². The Labute approximate surface area is 302 Å². The summed E-state index contributed by atoms with van der Waals surface area (Å²) in [5, 5.41) is 14.5. The molecule has 0 unspecified atom stereocenters. The highest BCUT2D eigenvalue weighted by atomic mass is 28.3. The van der Waals surface area contributed by atoms with Gasteiger partial charge in [-0.2, -0.15) is 5.26 Å². The monoisotopic (exact) mass is 680 g/mol. The van der Waals surface area contributed by atoms with Crippen LogP contribution in [0.15, 0.2) is 170 Å². The maximum atomic E-state index is 9.32. The Hall–Kier alpha value is -6.94. The van der Waals surface area contributed by atoms with Crippen LogP contribution in [0.4, 0.5) is 0 Å². The van der Waals surface area contributed by atoms with Gasteiger partial charge in [-0.15, -0.1) is 0 Å². The number of aromatic nitrogens is 3. The van der Waals surface area contributed by atoms with Crippen molar-refractivity contribution < 1.29 is 4.74 Å². The van der Waals surface area contributed by atoms with Gasteiger partial charge in [0.15, 0.2) is 25.5 Å². The number of benzene rings is 7. The van der Waals surface area contributed by atoms with Crippen molar-refractivity contribution >= 4 is 28.8 Å². The second-order valence-electron chi connectivity index (χ2n) is 13.1. The summed E-state index contributed by atoms with van der Waals surface area (Å²) in [5.41, 5.74) is 7.80. The summed E-state index contributed by atoms with van der Waals surface area (Å²) in [6, 6.07) is 60.8. The largest absolute Gasteiger partial charge is 0.457 e. The van der Waals surface area contributed by atoms with E-state index in [1.165, 1.54) is 31.9 Å². The number of para-hydroxylation sites is 2. The summed E-state index contributed by atoms with van der Waals surface area (Å²) < 4.78 is 6.98. The molecule has 0 saturated heterocycles.